The smallest absolute Gasteiger partial charge is 0.228 e. The minimum Gasteiger partial charge on any atom is -0.378 e. The minimum absolute atomic E-state index is 0.0105. The average Bonchev–Trinajstić information content (AvgIpc) is 3.54. The van der Waals surface area contributed by atoms with Crippen LogP contribution in [0.3, 0.4) is 0 Å². The van der Waals surface area contributed by atoms with E-state index >= 15 is 4.39 Å². The van der Waals surface area contributed by atoms with E-state index in [1.54, 1.807) is 38.2 Å². The van der Waals surface area contributed by atoms with Gasteiger partial charge in [-0.15, -0.1) is 6.42 Å². The van der Waals surface area contributed by atoms with E-state index in [1.807, 2.05) is 16.8 Å². The number of likely N-dealkylation sites (N-methyl/N-ethyl adjacent to an activating group) is 1. The molecule has 2 aromatic carbocycles. The van der Waals surface area contributed by atoms with Crippen LogP contribution < -0.4 is 15.1 Å². The molecule has 220 valence electrons. The van der Waals surface area contributed by atoms with Crippen molar-refractivity contribution in [3.63, 3.8) is 0 Å². The molecule has 2 saturated heterocycles. The van der Waals surface area contributed by atoms with Gasteiger partial charge in [0.15, 0.2) is 5.82 Å². The van der Waals surface area contributed by atoms with Crippen molar-refractivity contribution in [3.8, 4) is 29.7 Å². The predicted octanol–water partition coefficient (Wildman–Crippen LogP) is 4.93. The number of halogens is 2. The number of nitrogens with zero attached hydrogens (tertiary/aromatic N) is 6. The Kier molecular flexibility index (Phi) is 7.59. The fourth-order valence-corrected chi connectivity index (χ4v) is 5.94. The van der Waals surface area contributed by atoms with Gasteiger partial charge in [-0.1, -0.05) is 12.0 Å². The summed E-state index contributed by atoms with van der Waals surface area (Å²) >= 11 is 0. The topological polar surface area (TPSA) is 90.2 Å². The van der Waals surface area contributed by atoms with Crippen molar-refractivity contribution in [3.05, 3.63) is 53.2 Å². The number of rotatable bonds is 6. The van der Waals surface area contributed by atoms with Crippen LogP contribution in [0.25, 0.3) is 32.9 Å². The first-order valence-corrected chi connectivity index (χ1v) is 14.5. The summed E-state index contributed by atoms with van der Waals surface area (Å²) in [5, 5.41) is 14.8. The van der Waals surface area contributed by atoms with Gasteiger partial charge >= 0.3 is 0 Å². The molecule has 0 radical (unpaired) electrons. The van der Waals surface area contributed by atoms with Crippen LogP contribution in [0.15, 0.2) is 30.5 Å². The number of terminal acetylenes is 1. The molecular formula is C33H33F2N7O. The molecule has 4 heterocycles. The fraction of sp³-hybridized carbons (Fsp3) is 0.394. The number of morpholine rings is 1. The molecule has 0 spiro atoms. The zero-order valence-corrected chi connectivity index (χ0v) is 24.5. The summed E-state index contributed by atoms with van der Waals surface area (Å²) in [6.45, 7) is 7.43. The van der Waals surface area contributed by atoms with Crippen LogP contribution in [0.5, 0.6) is 0 Å². The van der Waals surface area contributed by atoms with Crippen LogP contribution in [0.2, 0.25) is 0 Å². The van der Waals surface area contributed by atoms with Gasteiger partial charge in [0.25, 0.3) is 0 Å². The molecule has 4 aromatic rings. The summed E-state index contributed by atoms with van der Waals surface area (Å²) in [5.74, 6) is 2.18. The molecule has 2 fully saturated rings. The van der Waals surface area contributed by atoms with Crippen molar-refractivity contribution >= 4 is 33.4 Å². The highest BCUT2D eigenvalue weighted by Gasteiger charge is 2.28. The molecule has 10 heteroatoms. The number of anilines is 2. The van der Waals surface area contributed by atoms with Crippen molar-refractivity contribution in [2.45, 2.75) is 38.1 Å². The molecule has 1 atom stereocenters. The zero-order chi connectivity index (χ0) is 30.3. The van der Waals surface area contributed by atoms with Crippen LogP contribution in [0, 0.1) is 35.3 Å². The third kappa shape index (κ3) is 5.22. The SMILES string of the molecule is C#Cc1c(F)ccc2cc(C(C)(C)C#N)cc(-c3ncc4c(N(C)C[C@@H]5CCCN5)nc(N5CCOCC5)nc4c3F)c12. The Morgan fingerprint density at radius 2 is 2.00 bits per heavy atom. The summed E-state index contributed by atoms with van der Waals surface area (Å²) in [6.07, 6.45) is 9.50. The van der Waals surface area contributed by atoms with E-state index in [0.717, 1.165) is 19.4 Å². The molecule has 0 unspecified atom stereocenters. The van der Waals surface area contributed by atoms with Gasteiger partial charge < -0.3 is 19.9 Å². The highest BCUT2D eigenvalue weighted by molar-refractivity contribution is 6.03. The average molecular weight is 582 g/mol. The molecule has 2 aromatic heterocycles. The van der Waals surface area contributed by atoms with Gasteiger partial charge in [-0.25, -0.2) is 13.8 Å². The maximum absolute atomic E-state index is 16.9. The normalized spacial score (nSPS) is 17.3. The Morgan fingerprint density at radius 1 is 1.21 bits per heavy atom. The van der Waals surface area contributed by atoms with Crippen molar-refractivity contribution in [2.75, 3.05) is 56.2 Å². The van der Waals surface area contributed by atoms with Crippen molar-refractivity contribution in [2.24, 2.45) is 0 Å². The van der Waals surface area contributed by atoms with E-state index in [1.165, 1.54) is 6.07 Å². The van der Waals surface area contributed by atoms with E-state index in [2.05, 4.69) is 22.3 Å². The first-order valence-electron chi connectivity index (χ1n) is 14.5. The fourth-order valence-electron chi connectivity index (χ4n) is 5.94. The highest BCUT2D eigenvalue weighted by Crippen LogP contribution is 2.39. The summed E-state index contributed by atoms with van der Waals surface area (Å²) in [5.41, 5.74) is 0.133. The number of nitrogens with one attached hydrogen (secondary N) is 1. The summed E-state index contributed by atoms with van der Waals surface area (Å²) in [4.78, 5) is 18.2. The molecule has 8 nitrogen and oxygen atoms in total. The van der Waals surface area contributed by atoms with Crippen LogP contribution in [0.4, 0.5) is 20.5 Å². The minimum atomic E-state index is -0.906. The first-order chi connectivity index (χ1) is 20.7. The van der Waals surface area contributed by atoms with E-state index < -0.39 is 17.0 Å². The second kappa shape index (κ2) is 11.4. The van der Waals surface area contributed by atoms with E-state index in [9.17, 15) is 9.65 Å². The number of hydrogen-bond donors (Lipinski definition) is 1. The Labute approximate surface area is 249 Å². The Hall–Kier alpha value is -4.38. The quantitative estimate of drug-likeness (QED) is 0.321. The van der Waals surface area contributed by atoms with Gasteiger partial charge in [-0.2, -0.15) is 10.2 Å². The lowest BCUT2D eigenvalue weighted by Gasteiger charge is -2.29. The third-order valence-electron chi connectivity index (χ3n) is 8.43. The number of nitriles is 1. The highest BCUT2D eigenvalue weighted by atomic mass is 19.1. The first kappa shape index (κ1) is 28.7. The molecule has 6 rings (SSSR count). The van der Waals surface area contributed by atoms with Crippen molar-refractivity contribution in [1.29, 1.82) is 5.26 Å². The molecular weight excluding hydrogens is 548 g/mol. The van der Waals surface area contributed by atoms with Gasteiger partial charge in [0.2, 0.25) is 5.95 Å². The number of benzene rings is 2. The van der Waals surface area contributed by atoms with Crippen LogP contribution in [-0.4, -0.2) is 67.4 Å². The second-order valence-electron chi connectivity index (χ2n) is 11.7. The molecule has 1 N–H and O–H groups in total. The van der Waals surface area contributed by atoms with Gasteiger partial charge in [-0.05, 0) is 62.4 Å². The lowest BCUT2D eigenvalue weighted by Crippen LogP contribution is -2.38. The van der Waals surface area contributed by atoms with Gasteiger partial charge in [0.05, 0.1) is 35.6 Å². The maximum Gasteiger partial charge on any atom is 0.228 e. The Balaban J connectivity index is 1.60. The van der Waals surface area contributed by atoms with Crippen LogP contribution in [-0.2, 0) is 10.2 Å². The molecule has 0 saturated carbocycles. The Bertz CT molecular complexity index is 1800. The van der Waals surface area contributed by atoms with Gasteiger partial charge in [-0.3, -0.25) is 4.98 Å². The van der Waals surface area contributed by atoms with Crippen LogP contribution >= 0.6 is 0 Å². The molecule has 0 amide bonds. The molecule has 0 bridgehead atoms. The number of aromatic nitrogens is 3. The standard InChI is InChI=1S/C33H33F2N7O/c1-5-23-26(34)9-8-20-15-21(33(2,3)19-36)16-24(27(20)23)29-28(35)30-25(17-38-29)31(41(4)18-22-7-6-10-37-22)40-32(39-30)42-11-13-43-14-12-42/h1,8-9,15-17,22,37H,6-7,10-14,18H2,2-4H3/t22-/m0/s1. The maximum atomic E-state index is 16.9. The number of ether oxygens (including phenoxy) is 1. The third-order valence-corrected chi connectivity index (χ3v) is 8.43. The molecule has 43 heavy (non-hydrogen) atoms. The van der Waals surface area contributed by atoms with Gasteiger partial charge in [0, 0.05) is 49.9 Å². The lowest BCUT2D eigenvalue weighted by molar-refractivity contribution is 0.122. The van der Waals surface area contributed by atoms with E-state index in [0.29, 0.717) is 77.9 Å². The Morgan fingerprint density at radius 3 is 2.70 bits per heavy atom. The number of pyridine rings is 1. The molecule has 2 aliphatic heterocycles. The van der Waals surface area contributed by atoms with E-state index in [-0.39, 0.29) is 16.8 Å². The molecule has 2 aliphatic rings. The lowest BCUT2D eigenvalue weighted by atomic mass is 9.82. The summed E-state index contributed by atoms with van der Waals surface area (Å²) < 4.78 is 37.4. The number of hydrogen-bond acceptors (Lipinski definition) is 8. The summed E-state index contributed by atoms with van der Waals surface area (Å²) in [7, 11) is 1.94. The monoisotopic (exact) mass is 581 g/mol. The predicted molar refractivity (Wildman–Crippen MR) is 164 cm³/mol. The van der Waals surface area contributed by atoms with E-state index in [4.69, 9.17) is 21.1 Å². The summed E-state index contributed by atoms with van der Waals surface area (Å²) in [6, 6.07) is 8.97. The van der Waals surface area contributed by atoms with Crippen molar-refractivity contribution in [1.82, 2.24) is 20.3 Å². The van der Waals surface area contributed by atoms with Crippen molar-refractivity contribution < 1.29 is 13.5 Å². The number of fused-ring (bicyclic) bond motifs is 2. The van der Waals surface area contributed by atoms with Crippen LogP contribution in [0.1, 0.15) is 37.8 Å². The second-order valence-corrected chi connectivity index (χ2v) is 11.7. The van der Waals surface area contributed by atoms with Gasteiger partial charge in [0.1, 0.15) is 22.8 Å². The largest absolute Gasteiger partial charge is 0.378 e. The zero-order valence-electron chi connectivity index (χ0n) is 24.5. The molecule has 0 aliphatic carbocycles.